The summed E-state index contributed by atoms with van der Waals surface area (Å²) >= 11 is 0.788. The minimum Gasteiger partial charge on any atom is -0.394 e. The molecule has 2 aromatic heterocycles. The van der Waals surface area contributed by atoms with E-state index < -0.39 is 18.4 Å². The van der Waals surface area contributed by atoms with Gasteiger partial charge in [0.05, 0.1) is 12.7 Å². The maximum absolute atomic E-state index is 12.1. The van der Waals surface area contributed by atoms with E-state index in [1.54, 1.807) is 6.92 Å². The maximum atomic E-state index is 12.1. The van der Waals surface area contributed by atoms with Crippen LogP contribution in [0.25, 0.3) is 10.3 Å². The van der Waals surface area contributed by atoms with E-state index in [-0.39, 0.29) is 33.8 Å². The zero-order valence-corrected chi connectivity index (χ0v) is 11.4. The van der Waals surface area contributed by atoms with Crippen LogP contribution in [0.1, 0.15) is 18.5 Å². The molecule has 0 radical (unpaired) electrons. The first-order valence-electron chi connectivity index (χ1n) is 6.07. The van der Waals surface area contributed by atoms with Crippen LogP contribution in [0, 0.1) is 6.92 Å². The second-order valence-electron chi connectivity index (χ2n) is 4.66. The number of nitrogens with zero attached hydrogens (tertiary/aromatic N) is 2. The highest BCUT2D eigenvalue weighted by Crippen LogP contribution is 2.30. The van der Waals surface area contributed by atoms with E-state index in [1.807, 2.05) is 0 Å². The molecule has 1 fully saturated rings. The number of thiazole rings is 1. The van der Waals surface area contributed by atoms with E-state index in [1.165, 1.54) is 4.57 Å². The molecular weight excluding hydrogens is 286 g/mol. The van der Waals surface area contributed by atoms with Crippen molar-refractivity contribution in [2.24, 2.45) is 0 Å². The lowest BCUT2D eigenvalue weighted by Crippen LogP contribution is -2.25. The fourth-order valence-corrected chi connectivity index (χ4v) is 3.19. The molecule has 1 aliphatic rings. The summed E-state index contributed by atoms with van der Waals surface area (Å²) in [5.41, 5.74) is -0.123. The Morgan fingerprint density at radius 2 is 2.30 bits per heavy atom. The van der Waals surface area contributed by atoms with Crippen LogP contribution in [0.5, 0.6) is 0 Å². The molecule has 8 nitrogen and oxygen atoms in total. The zero-order valence-electron chi connectivity index (χ0n) is 10.6. The third kappa shape index (κ3) is 1.99. The molecule has 2 aromatic rings. The molecule has 1 aliphatic heterocycles. The van der Waals surface area contributed by atoms with Gasteiger partial charge in [0.2, 0.25) is 0 Å². The summed E-state index contributed by atoms with van der Waals surface area (Å²) in [5, 5.41) is 18.8. The summed E-state index contributed by atoms with van der Waals surface area (Å²) in [7, 11) is 0. The maximum Gasteiger partial charge on any atom is 0.311 e. The van der Waals surface area contributed by atoms with Gasteiger partial charge in [0.25, 0.3) is 5.56 Å². The highest BCUT2D eigenvalue weighted by Gasteiger charge is 2.36. The van der Waals surface area contributed by atoms with Crippen molar-refractivity contribution in [1.29, 1.82) is 0 Å². The van der Waals surface area contributed by atoms with Crippen molar-refractivity contribution < 1.29 is 14.9 Å². The normalized spacial score (nSPS) is 26.4. The molecule has 0 spiro atoms. The van der Waals surface area contributed by atoms with Crippen molar-refractivity contribution in [2.45, 2.75) is 31.8 Å². The number of rotatable bonds is 2. The van der Waals surface area contributed by atoms with Crippen LogP contribution in [0.15, 0.2) is 9.59 Å². The number of aryl methyl sites for hydroxylation is 1. The van der Waals surface area contributed by atoms with Crippen LogP contribution in [0.2, 0.25) is 0 Å². The van der Waals surface area contributed by atoms with Gasteiger partial charge >= 0.3 is 4.87 Å². The lowest BCUT2D eigenvalue weighted by Gasteiger charge is -2.13. The first-order valence-corrected chi connectivity index (χ1v) is 6.89. The van der Waals surface area contributed by atoms with E-state index in [0.717, 1.165) is 11.3 Å². The predicted octanol–water partition coefficient (Wildman–Crippen LogP) is -0.905. The van der Waals surface area contributed by atoms with Crippen molar-refractivity contribution in [3.8, 4) is 0 Å². The molecule has 0 aliphatic carbocycles. The minimum atomic E-state index is -0.852. The monoisotopic (exact) mass is 299 g/mol. The van der Waals surface area contributed by atoms with Crippen LogP contribution in [0.4, 0.5) is 0 Å². The summed E-state index contributed by atoms with van der Waals surface area (Å²) in [4.78, 5) is 30.2. The molecule has 108 valence electrons. The SMILES string of the molecule is Cc1nc2c(sc(=O)n2C2C[C@H](O)[C@@H](CO)O2)c(=O)[nH]1. The van der Waals surface area contributed by atoms with Crippen molar-refractivity contribution in [3.63, 3.8) is 0 Å². The summed E-state index contributed by atoms with van der Waals surface area (Å²) < 4.78 is 6.95. The van der Waals surface area contributed by atoms with E-state index in [2.05, 4.69) is 9.97 Å². The highest BCUT2D eigenvalue weighted by atomic mass is 32.1. The molecule has 3 rings (SSSR count). The number of aromatic nitrogens is 3. The van der Waals surface area contributed by atoms with E-state index in [4.69, 9.17) is 9.84 Å². The molecule has 3 N–H and O–H groups in total. The van der Waals surface area contributed by atoms with Gasteiger partial charge in [0, 0.05) is 6.42 Å². The number of H-pyrrole nitrogens is 1. The first-order chi connectivity index (χ1) is 9.51. The van der Waals surface area contributed by atoms with Crippen LogP contribution in [0.3, 0.4) is 0 Å². The average molecular weight is 299 g/mol. The Kier molecular flexibility index (Phi) is 3.21. The Morgan fingerprint density at radius 3 is 2.95 bits per heavy atom. The second-order valence-corrected chi connectivity index (χ2v) is 5.62. The van der Waals surface area contributed by atoms with Gasteiger partial charge in [-0.1, -0.05) is 11.3 Å². The number of fused-ring (bicyclic) bond motifs is 1. The molecule has 0 saturated carbocycles. The molecular formula is C11H13N3O5S. The molecule has 9 heteroatoms. The van der Waals surface area contributed by atoms with Gasteiger partial charge in [0.1, 0.15) is 22.9 Å². The van der Waals surface area contributed by atoms with Crippen LogP contribution < -0.4 is 10.4 Å². The summed E-state index contributed by atoms with van der Waals surface area (Å²) in [5.74, 6) is 0.395. The number of ether oxygens (including phenoxy) is 1. The number of aliphatic hydroxyl groups is 2. The van der Waals surface area contributed by atoms with Crippen LogP contribution in [-0.2, 0) is 4.74 Å². The molecule has 1 unspecified atom stereocenters. The molecule has 20 heavy (non-hydrogen) atoms. The van der Waals surface area contributed by atoms with Gasteiger partial charge < -0.3 is 19.9 Å². The molecule has 1 saturated heterocycles. The zero-order chi connectivity index (χ0) is 14.4. The molecule has 0 aromatic carbocycles. The fourth-order valence-electron chi connectivity index (χ4n) is 2.33. The quantitative estimate of drug-likeness (QED) is 0.661. The number of aromatic amines is 1. The van der Waals surface area contributed by atoms with Crippen molar-refractivity contribution in [2.75, 3.05) is 6.61 Å². The van der Waals surface area contributed by atoms with Crippen molar-refractivity contribution in [3.05, 3.63) is 25.8 Å². The topological polar surface area (TPSA) is 117 Å². The van der Waals surface area contributed by atoms with Crippen molar-refractivity contribution >= 4 is 21.7 Å². The minimum absolute atomic E-state index is 0.171. The Labute approximate surface area is 116 Å². The number of hydrogen-bond acceptors (Lipinski definition) is 7. The van der Waals surface area contributed by atoms with E-state index in [0.29, 0.717) is 5.82 Å². The largest absolute Gasteiger partial charge is 0.394 e. The Balaban J connectivity index is 2.15. The lowest BCUT2D eigenvalue weighted by molar-refractivity contribution is -0.0437. The van der Waals surface area contributed by atoms with Gasteiger partial charge in [-0.2, -0.15) is 0 Å². The summed E-state index contributed by atoms with van der Waals surface area (Å²) in [6, 6.07) is 0. The van der Waals surface area contributed by atoms with E-state index in [9.17, 15) is 14.7 Å². The predicted molar refractivity (Wildman–Crippen MR) is 70.9 cm³/mol. The second kappa shape index (κ2) is 4.77. The van der Waals surface area contributed by atoms with E-state index >= 15 is 0 Å². The standard InChI is InChI=1S/C11H13N3O5S/c1-4-12-9-8(10(17)13-4)20-11(18)14(9)7-2-5(16)6(3-15)19-7/h5-7,15-16H,2-3H2,1H3,(H,12,13,17)/t5-,6+,7?/m0/s1. The number of aliphatic hydroxyl groups excluding tert-OH is 2. The summed E-state index contributed by atoms with van der Waals surface area (Å²) in [6.07, 6.45) is -2.14. The van der Waals surface area contributed by atoms with Crippen LogP contribution >= 0.6 is 11.3 Å². The lowest BCUT2D eigenvalue weighted by atomic mass is 10.2. The Morgan fingerprint density at radius 1 is 1.55 bits per heavy atom. The number of nitrogens with one attached hydrogen (secondary N) is 1. The van der Waals surface area contributed by atoms with Crippen molar-refractivity contribution in [1.82, 2.24) is 14.5 Å². The third-order valence-electron chi connectivity index (χ3n) is 3.26. The Bertz CT molecular complexity index is 763. The van der Waals surface area contributed by atoms with Gasteiger partial charge in [-0.25, -0.2) is 4.98 Å². The van der Waals surface area contributed by atoms with Gasteiger partial charge in [-0.05, 0) is 6.92 Å². The Hall–Kier alpha value is -1.55. The molecule has 3 heterocycles. The highest BCUT2D eigenvalue weighted by molar-refractivity contribution is 7.16. The third-order valence-corrected chi connectivity index (χ3v) is 4.21. The van der Waals surface area contributed by atoms with Gasteiger partial charge in [0.15, 0.2) is 5.65 Å². The summed E-state index contributed by atoms with van der Waals surface area (Å²) in [6.45, 7) is 1.29. The average Bonchev–Trinajstić information content (AvgIpc) is 2.89. The molecule has 0 amide bonds. The van der Waals surface area contributed by atoms with Gasteiger partial charge in [-0.3, -0.25) is 14.2 Å². The first kappa shape index (κ1) is 13.4. The number of hydrogen-bond donors (Lipinski definition) is 3. The van der Waals surface area contributed by atoms with Gasteiger partial charge in [-0.15, -0.1) is 0 Å². The fraction of sp³-hybridized carbons (Fsp3) is 0.545. The smallest absolute Gasteiger partial charge is 0.311 e. The van der Waals surface area contributed by atoms with Crippen LogP contribution in [-0.4, -0.2) is 43.6 Å². The molecule has 3 atom stereocenters. The molecule has 0 bridgehead atoms.